The molecule has 4 heteroatoms. The summed E-state index contributed by atoms with van der Waals surface area (Å²) in [5, 5.41) is 0. The summed E-state index contributed by atoms with van der Waals surface area (Å²) in [4.78, 5) is 12.7. The first-order valence-electron chi connectivity index (χ1n) is 4.73. The van der Waals surface area contributed by atoms with E-state index in [1.807, 2.05) is 12.1 Å². The van der Waals surface area contributed by atoms with Crippen LogP contribution in [0.5, 0.6) is 0 Å². The van der Waals surface area contributed by atoms with Gasteiger partial charge in [0, 0.05) is 24.2 Å². The third-order valence-corrected chi connectivity index (χ3v) is 2.75. The first-order valence-corrected chi connectivity index (χ1v) is 5.52. The molecular weight excluding hydrogens is 254 g/mol. The van der Waals surface area contributed by atoms with Gasteiger partial charge in [0.2, 0.25) is 0 Å². The molecule has 3 nitrogen and oxygen atoms in total. The molecule has 0 aromatic carbocycles. The van der Waals surface area contributed by atoms with E-state index in [1.54, 1.807) is 18.6 Å². The molecule has 2 heterocycles. The zero-order valence-electron chi connectivity index (χ0n) is 8.31. The van der Waals surface area contributed by atoms with Crippen molar-refractivity contribution >= 4 is 15.9 Å². The number of hydrogen-bond donors (Lipinski definition) is 0. The van der Waals surface area contributed by atoms with Crippen molar-refractivity contribution < 1.29 is 0 Å². The minimum absolute atomic E-state index is 0.748. The maximum absolute atomic E-state index is 4.48. The number of aryl methyl sites for hydroxylation is 1. The van der Waals surface area contributed by atoms with E-state index >= 15 is 0 Å². The Kier molecular flexibility index (Phi) is 3.06. The van der Waals surface area contributed by atoms with Crippen LogP contribution in [0.1, 0.15) is 12.6 Å². The number of rotatable bonds is 2. The third kappa shape index (κ3) is 2.21. The Balaban J connectivity index is 2.46. The predicted molar refractivity (Wildman–Crippen MR) is 62.3 cm³/mol. The fraction of sp³-hybridized carbons (Fsp3) is 0.182. The zero-order chi connectivity index (χ0) is 10.7. The second kappa shape index (κ2) is 4.49. The van der Waals surface area contributed by atoms with Crippen molar-refractivity contribution in [2.45, 2.75) is 13.3 Å². The highest BCUT2D eigenvalue weighted by Crippen LogP contribution is 2.19. The normalized spacial score (nSPS) is 10.3. The largest absolute Gasteiger partial charge is 0.265 e. The lowest BCUT2D eigenvalue weighted by Gasteiger charge is -2.03. The van der Waals surface area contributed by atoms with Gasteiger partial charge in [0.15, 0.2) is 5.82 Å². The van der Waals surface area contributed by atoms with Crippen molar-refractivity contribution in [3.05, 3.63) is 40.9 Å². The molecule has 2 rings (SSSR count). The number of aromatic nitrogens is 3. The fourth-order valence-corrected chi connectivity index (χ4v) is 1.76. The standard InChI is InChI=1S/C11H10BrN3/c1-2-10-9(12)7-14-11(15-10)8-3-5-13-6-4-8/h3-7H,2H2,1H3. The van der Waals surface area contributed by atoms with E-state index in [4.69, 9.17) is 0 Å². The fourth-order valence-electron chi connectivity index (χ4n) is 1.29. The Labute approximate surface area is 96.7 Å². The van der Waals surface area contributed by atoms with Crippen LogP contribution in [0, 0.1) is 0 Å². The Hall–Kier alpha value is -1.29. The van der Waals surface area contributed by atoms with Gasteiger partial charge >= 0.3 is 0 Å². The molecule has 15 heavy (non-hydrogen) atoms. The molecule has 2 aromatic rings. The van der Waals surface area contributed by atoms with Crippen molar-refractivity contribution in [2.75, 3.05) is 0 Å². The van der Waals surface area contributed by atoms with Crippen LogP contribution in [0.15, 0.2) is 35.2 Å². The first kappa shape index (κ1) is 10.2. The molecule has 0 atom stereocenters. The van der Waals surface area contributed by atoms with E-state index in [1.165, 1.54) is 0 Å². The Bertz CT molecular complexity index is 457. The molecule has 0 saturated heterocycles. The Morgan fingerprint density at radius 2 is 2.00 bits per heavy atom. The molecule has 0 aliphatic heterocycles. The van der Waals surface area contributed by atoms with Gasteiger partial charge in [-0.2, -0.15) is 0 Å². The van der Waals surface area contributed by atoms with Gasteiger partial charge in [-0.3, -0.25) is 4.98 Å². The smallest absolute Gasteiger partial charge is 0.159 e. The summed E-state index contributed by atoms with van der Waals surface area (Å²) in [5.74, 6) is 0.748. The third-order valence-electron chi connectivity index (χ3n) is 2.09. The van der Waals surface area contributed by atoms with E-state index in [-0.39, 0.29) is 0 Å². The lowest BCUT2D eigenvalue weighted by Crippen LogP contribution is -1.95. The van der Waals surface area contributed by atoms with Crippen LogP contribution in [-0.4, -0.2) is 15.0 Å². The molecule has 0 unspecified atom stereocenters. The Morgan fingerprint density at radius 3 is 2.67 bits per heavy atom. The summed E-state index contributed by atoms with van der Waals surface area (Å²) in [6.07, 6.45) is 6.17. The monoisotopic (exact) mass is 263 g/mol. The molecule has 2 aromatic heterocycles. The maximum atomic E-state index is 4.48. The van der Waals surface area contributed by atoms with Gasteiger partial charge in [-0.15, -0.1) is 0 Å². The predicted octanol–water partition coefficient (Wildman–Crippen LogP) is 2.86. The second-order valence-corrected chi connectivity index (χ2v) is 3.93. The highest BCUT2D eigenvalue weighted by atomic mass is 79.9. The molecule has 0 aliphatic rings. The van der Waals surface area contributed by atoms with Crippen LogP contribution >= 0.6 is 15.9 Å². The zero-order valence-corrected chi connectivity index (χ0v) is 9.90. The Morgan fingerprint density at radius 1 is 1.27 bits per heavy atom. The lowest BCUT2D eigenvalue weighted by atomic mass is 10.2. The highest BCUT2D eigenvalue weighted by Gasteiger charge is 2.04. The SMILES string of the molecule is CCc1nc(-c2ccncc2)ncc1Br. The van der Waals surface area contributed by atoms with Gasteiger partial charge in [0.05, 0.1) is 10.2 Å². The molecule has 0 aliphatic carbocycles. The number of pyridine rings is 1. The van der Waals surface area contributed by atoms with E-state index < -0.39 is 0 Å². The van der Waals surface area contributed by atoms with E-state index in [0.717, 1.165) is 28.0 Å². The van der Waals surface area contributed by atoms with Crippen LogP contribution in [0.2, 0.25) is 0 Å². The van der Waals surface area contributed by atoms with Crippen LogP contribution in [0.4, 0.5) is 0 Å². The van der Waals surface area contributed by atoms with Crippen molar-refractivity contribution in [1.82, 2.24) is 15.0 Å². The maximum Gasteiger partial charge on any atom is 0.159 e. The molecular formula is C11H10BrN3. The summed E-state index contributed by atoms with van der Waals surface area (Å²) < 4.78 is 0.961. The van der Waals surface area contributed by atoms with Crippen LogP contribution in [0.25, 0.3) is 11.4 Å². The number of nitrogens with zero attached hydrogens (tertiary/aromatic N) is 3. The van der Waals surface area contributed by atoms with Gasteiger partial charge in [0.1, 0.15) is 0 Å². The van der Waals surface area contributed by atoms with Gasteiger partial charge in [-0.05, 0) is 34.5 Å². The number of halogens is 1. The van der Waals surface area contributed by atoms with Crippen molar-refractivity contribution in [2.24, 2.45) is 0 Å². The number of hydrogen-bond acceptors (Lipinski definition) is 3. The highest BCUT2D eigenvalue weighted by molar-refractivity contribution is 9.10. The quantitative estimate of drug-likeness (QED) is 0.837. The van der Waals surface area contributed by atoms with Gasteiger partial charge < -0.3 is 0 Å². The molecule has 0 saturated carbocycles. The molecule has 0 amide bonds. The molecule has 0 N–H and O–H groups in total. The minimum Gasteiger partial charge on any atom is -0.265 e. The van der Waals surface area contributed by atoms with Gasteiger partial charge in [-0.25, -0.2) is 9.97 Å². The molecule has 0 bridgehead atoms. The summed E-state index contributed by atoms with van der Waals surface area (Å²) >= 11 is 3.43. The van der Waals surface area contributed by atoms with Gasteiger partial charge in [0.25, 0.3) is 0 Å². The van der Waals surface area contributed by atoms with E-state index in [9.17, 15) is 0 Å². The van der Waals surface area contributed by atoms with Crippen molar-refractivity contribution in [3.8, 4) is 11.4 Å². The van der Waals surface area contributed by atoms with Crippen molar-refractivity contribution in [1.29, 1.82) is 0 Å². The molecule has 76 valence electrons. The molecule has 0 fully saturated rings. The van der Waals surface area contributed by atoms with Crippen molar-refractivity contribution in [3.63, 3.8) is 0 Å². The minimum atomic E-state index is 0.748. The van der Waals surface area contributed by atoms with Crippen LogP contribution in [-0.2, 0) is 6.42 Å². The summed E-state index contributed by atoms with van der Waals surface area (Å²) in [6, 6.07) is 3.81. The summed E-state index contributed by atoms with van der Waals surface area (Å²) in [5.41, 5.74) is 2.02. The van der Waals surface area contributed by atoms with Crippen LogP contribution < -0.4 is 0 Å². The van der Waals surface area contributed by atoms with Gasteiger partial charge in [-0.1, -0.05) is 6.92 Å². The molecule has 0 spiro atoms. The van der Waals surface area contributed by atoms with E-state index in [0.29, 0.717) is 0 Å². The molecule has 0 radical (unpaired) electrons. The summed E-state index contributed by atoms with van der Waals surface area (Å²) in [6.45, 7) is 2.07. The summed E-state index contributed by atoms with van der Waals surface area (Å²) in [7, 11) is 0. The topological polar surface area (TPSA) is 38.7 Å². The second-order valence-electron chi connectivity index (χ2n) is 3.08. The average Bonchev–Trinajstić information content (AvgIpc) is 2.31. The lowest BCUT2D eigenvalue weighted by molar-refractivity contribution is 0.990. The van der Waals surface area contributed by atoms with Crippen LogP contribution in [0.3, 0.4) is 0 Å². The first-order chi connectivity index (χ1) is 7.31. The van der Waals surface area contributed by atoms with E-state index in [2.05, 4.69) is 37.8 Å². The average molecular weight is 264 g/mol.